The number of para-hydroxylation sites is 1. The molecular weight excluding hydrogens is 254 g/mol. The number of carbonyl (C=O) groups excluding carboxylic acids is 1. The van der Waals surface area contributed by atoms with E-state index in [1.54, 1.807) is 0 Å². The van der Waals surface area contributed by atoms with Crippen LogP contribution in [0.25, 0.3) is 10.9 Å². The highest BCUT2D eigenvalue weighted by Crippen LogP contribution is 2.17. The molecule has 0 saturated heterocycles. The van der Waals surface area contributed by atoms with Gasteiger partial charge < -0.3 is 14.8 Å². The lowest BCUT2D eigenvalue weighted by Gasteiger charge is -2.06. The monoisotopic (exact) mass is 269 g/mol. The van der Waals surface area contributed by atoms with Gasteiger partial charge in [-0.1, -0.05) is 17.3 Å². The Morgan fingerprint density at radius 2 is 2.20 bits per heavy atom. The van der Waals surface area contributed by atoms with Gasteiger partial charge in [0.2, 0.25) is 0 Å². The third-order valence-electron chi connectivity index (χ3n) is 3.44. The van der Waals surface area contributed by atoms with Crippen LogP contribution in [-0.2, 0) is 6.54 Å². The topological polar surface area (TPSA) is 70.9 Å². The fourth-order valence-corrected chi connectivity index (χ4v) is 2.29. The van der Waals surface area contributed by atoms with Crippen LogP contribution in [0.3, 0.4) is 0 Å². The fraction of sp³-hybridized carbons (Fsp3) is 0.200. The lowest BCUT2D eigenvalue weighted by Crippen LogP contribution is -2.23. The number of H-pyrrole nitrogens is 1. The van der Waals surface area contributed by atoms with Crippen LogP contribution < -0.4 is 5.32 Å². The first-order valence-electron chi connectivity index (χ1n) is 6.43. The first-order chi connectivity index (χ1) is 9.66. The third-order valence-corrected chi connectivity index (χ3v) is 3.44. The Hall–Kier alpha value is -2.56. The van der Waals surface area contributed by atoms with Gasteiger partial charge in [-0.05, 0) is 26.0 Å². The molecule has 2 N–H and O–H groups in total. The van der Waals surface area contributed by atoms with Gasteiger partial charge in [0.1, 0.15) is 5.76 Å². The molecule has 0 radical (unpaired) electrons. The summed E-state index contributed by atoms with van der Waals surface area (Å²) in [6, 6.07) is 7.60. The van der Waals surface area contributed by atoms with E-state index in [4.69, 9.17) is 4.52 Å². The van der Waals surface area contributed by atoms with Gasteiger partial charge in [-0.15, -0.1) is 0 Å². The van der Waals surface area contributed by atoms with E-state index in [1.165, 1.54) is 0 Å². The summed E-state index contributed by atoms with van der Waals surface area (Å²) in [5.41, 5.74) is 3.22. The van der Waals surface area contributed by atoms with Crippen LogP contribution in [0.1, 0.15) is 27.4 Å². The molecule has 20 heavy (non-hydrogen) atoms. The highest BCUT2D eigenvalue weighted by atomic mass is 16.5. The van der Waals surface area contributed by atoms with E-state index in [1.807, 2.05) is 44.3 Å². The van der Waals surface area contributed by atoms with Crippen LogP contribution in [0.4, 0.5) is 0 Å². The van der Waals surface area contributed by atoms with Crippen molar-refractivity contribution in [3.63, 3.8) is 0 Å². The Balaban J connectivity index is 1.82. The van der Waals surface area contributed by atoms with E-state index in [0.717, 1.165) is 27.9 Å². The number of nitrogens with zero attached hydrogens (tertiary/aromatic N) is 1. The van der Waals surface area contributed by atoms with Crippen molar-refractivity contribution in [1.82, 2.24) is 15.5 Å². The number of nitrogens with one attached hydrogen (secondary N) is 2. The number of hydrogen-bond acceptors (Lipinski definition) is 3. The molecule has 0 unspecified atom stereocenters. The van der Waals surface area contributed by atoms with Crippen LogP contribution in [-0.4, -0.2) is 16.0 Å². The predicted octanol–water partition coefficient (Wildman–Crippen LogP) is 2.70. The first kappa shape index (κ1) is 12.5. The zero-order valence-electron chi connectivity index (χ0n) is 11.4. The van der Waals surface area contributed by atoms with Crippen molar-refractivity contribution in [3.05, 3.63) is 53.0 Å². The number of amides is 1. The molecule has 5 nitrogen and oxygen atoms in total. The number of hydrogen-bond donors (Lipinski definition) is 2. The van der Waals surface area contributed by atoms with Crippen molar-refractivity contribution in [2.45, 2.75) is 20.4 Å². The van der Waals surface area contributed by atoms with Crippen LogP contribution in [0.2, 0.25) is 0 Å². The van der Waals surface area contributed by atoms with E-state index >= 15 is 0 Å². The number of fused-ring (bicyclic) bond motifs is 1. The average molecular weight is 269 g/mol. The number of aryl methyl sites for hydroxylation is 2. The Morgan fingerprint density at radius 3 is 2.95 bits per heavy atom. The lowest BCUT2D eigenvalue weighted by molar-refractivity contribution is 0.0952. The SMILES string of the molecule is Cc1noc(C)c1CNC(=O)c1cccc2cc[nH]c12. The molecule has 3 aromatic rings. The average Bonchev–Trinajstić information content (AvgIpc) is 3.03. The Kier molecular flexibility index (Phi) is 3.02. The van der Waals surface area contributed by atoms with Gasteiger partial charge in [-0.25, -0.2) is 0 Å². The number of benzene rings is 1. The predicted molar refractivity (Wildman–Crippen MR) is 75.4 cm³/mol. The van der Waals surface area contributed by atoms with Crippen molar-refractivity contribution < 1.29 is 9.32 Å². The highest BCUT2D eigenvalue weighted by Gasteiger charge is 2.13. The highest BCUT2D eigenvalue weighted by molar-refractivity contribution is 6.05. The molecule has 0 aliphatic rings. The molecule has 1 amide bonds. The smallest absolute Gasteiger partial charge is 0.253 e. The van der Waals surface area contributed by atoms with Crippen molar-refractivity contribution in [1.29, 1.82) is 0 Å². The van der Waals surface area contributed by atoms with Crippen LogP contribution >= 0.6 is 0 Å². The maximum Gasteiger partial charge on any atom is 0.253 e. The summed E-state index contributed by atoms with van der Waals surface area (Å²) in [6.07, 6.45) is 1.83. The van der Waals surface area contributed by atoms with E-state index < -0.39 is 0 Å². The van der Waals surface area contributed by atoms with Gasteiger partial charge in [-0.3, -0.25) is 4.79 Å². The summed E-state index contributed by atoms with van der Waals surface area (Å²) in [5.74, 6) is 0.624. The van der Waals surface area contributed by atoms with Gasteiger partial charge in [-0.2, -0.15) is 0 Å². The van der Waals surface area contributed by atoms with Gasteiger partial charge >= 0.3 is 0 Å². The van der Waals surface area contributed by atoms with E-state index in [9.17, 15) is 4.79 Å². The molecule has 1 aromatic carbocycles. The molecule has 0 fully saturated rings. The van der Waals surface area contributed by atoms with Crippen LogP contribution in [0.5, 0.6) is 0 Å². The van der Waals surface area contributed by atoms with Gasteiger partial charge in [0, 0.05) is 23.7 Å². The molecule has 0 atom stereocenters. The van der Waals surface area contributed by atoms with E-state index in [0.29, 0.717) is 12.1 Å². The molecule has 0 aliphatic heterocycles. The molecule has 5 heteroatoms. The molecule has 3 rings (SSSR count). The second-order valence-corrected chi connectivity index (χ2v) is 4.73. The Labute approximate surface area is 116 Å². The zero-order chi connectivity index (χ0) is 14.1. The summed E-state index contributed by atoms with van der Waals surface area (Å²) < 4.78 is 5.08. The van der Waals surface area contributed by atoms with Crippen molar-refractivity contribution >= 4 is 16.8 Å². The van der Waals surface area contributed by atoms with Crippen molar-refractivity contribution in [2.24, 2.45) is 0 Å². The molecule has 0 bridgehead atoms. The minimum Gasteiger partial charge on any atom is -0.361 e. The quantitative estimate of drug-likeness (QED) is 0.768. The summed E-state index contributed by atoms with van der Waals surface area (Å²) in [4.78, 5) is 15.4. The standard InChI is InChI=1S/C15H15N3O2/c1-9-13(10(2)20-18-9)8-17-15(19)12-5-3-4-11-6-7-16-14(11)12/h3-7,16H,8H2,1-2H3,(H,17,19). The molecule has 0 saturated carbocycles. The summed E-state index contributed by atoms with van der Waals surface area (Å²) in [5, 5.41) is 7.81. The van der Waals surface area contributed by atoms with Crippen molar-refractivity contribution in [2.75, 3.05) is 0 Å². The molecule has 2 heterocycles. The molecule has 0 spiro atoms. The van der Waals surface area contributed by atoms with Gasteiger partial charge in [0.25, 0.3) is 5.91 Å². The van der Waals surface area contributed by atoms with Crippen LogP contribution in [0.15, 0.2) is 35.0 Å². The summed E-state index contributed by atoms with van der Waals surface area (Å²) >= 11 is 0. The number of aromatic nitrogens is 2. The van der Waals surface area contributed by atoms with Gasteiger partial charge in [0.05, 0.1) is 16.8 Å². The fourth-order valence-electron chi connectivity index (χ4n) is 2.29. The van der Waals surface area contributed by atoms with E-state index in [2.05, 4.69) is 15.5 Å². The Bertz CT molecular complexity index is 751. The third kappa shape index (κ3) is 2.07. The maximum absolute atomic E-state index is 12.3. The first-order valence-corrected chi connectivity index (χ1v) is 6.43. The van der Waals surface area contributed by atoms with Gasteiger partial charge in [0.15, 0.2) is 0 Å². The number of rotatable bonds is 3. The van der Waals surface area contributed by atoms with Crippen LogP contribution in [0, 0.1) is 13.8 Å². The summed E-state index contributed by atoms with van der Waals surface area (Å²) in [7, 11) is 0. The summed E-state index contributed by atoms with van der Waals surface area (Å²) in [6.45, 7) is 4.12. The molecule has 0 aliphatic carbocycles. The van der Waals surface area contributed by atoms with Crippen molar-refractivity contribution in [3.8, 4) is 0 Å². The van der Waals surface area contributed by atoms with E-state index in [-0.39, 0.29) is 5.91 Å². The number of aromatic amines is 1. The minimum atomic E-state index is -0.113. The lowest BCUT2D eigenvalue weighted by atomic mass is 10.1. The largest absolute Gasteiger partial charge is 0.361 e. The zero-order valence-corrected chi connectivity index (χ0v) is 11.4. The Morgan fingerprint density at radius 1 is 1.35 bits per heavy atom. The maximum atomic E-state index is 12.3. The second kappa shape index (κ2) is 4.85. The normalized spacial score (nSPS) is 10.9. The molecule has 2 aromatic heterocycles. The number of carbonyl (C=O) groups is 1. The molecular formula is C15H15N3O2. The second-order valence-electron chi connectivity index (χ2n) is 4.73. The minimum absolute atomic E-state index is 0.113. The molecule has 102 valence electrons.